The van der Waals surface area contributed by atoms with E-state index in [4.69, 9.17) is 4.74 Å². The van der Waals surface area contributed by atoms with Gasteiger partial charge in [0.25, 0.3) is 0 Å². The fraction of sp³-hybridized carbons (Fsp3) is 0.562. The number of carbonyl (C=O) groups excluding carboxylic acids is 3. The van der Waals surface area contributed by atoms with Crippen LogP contribution in [0.2, 0.25) is 0 Å². The average Bonchev–Trinajstić information content (AvgIpc) is 3.20. The number of rotatable bonds is 5. The van der Waals surface area contributed by atoms with Gasteiger partial charge in [0, 0.05) is 38.0 Å². The lowest BCUT2D eigenvalue weighted by Crippen LogP contribution is -2.47. The Labute approximate surface area is 138 Å². The highest BCUT2D eigenvalue weighted by molar-refractivity contribution is 7.08. The molecule has 3 amide bonds. The minimum Gasteiger partial charge on any atom is -0.381 e. The summed E-state index contributed by atoms with van der Waals surface area (Å²) in [7, 11) is 0. The third-order valence-corrected chi connectivity index (χ3v) is 5.35. The van der Waals surface area contributed by atoms with Gasteiger partial charge in [0.1, 0.15) is 6.54 Å². The second-order valence-electron chi connectivity index (χ2n) is 6.06. The lowest BCUT2D eigenvalue weighted by Gasteiger charge is -2.37. The summed E-state index contributed by atoms with van der Waals surface area (Å²) in [6, 6.07) is 2.09. The van der Waals surface area contributed by atoms with Gasteiger partial charge in [0.2, 0.25) is 17.7 Å². The summed E-state index contributed by atoms with van der Waals surface area (Å²) >= 11 is 1.64. The molecule has 2 fully saturated rings. The molecule has 2 saturated heterocycles. The van der Waals surface area contributed by atoms with Gasteiger partial charge in [0.15, 0.2) is 0 Å². The Morgan fingerprint density at radius 3 is 2.57 bits per heavy atom. The Bertz CT molecular complexity index is 577. The first-order valence-corrected chi connectivity index (χ1v) is 8.75. The number of imide groups is 1. The van der Waals surface area contributed by atoms with Crippen molar-refractivity contribution in [2.75, 3.05) is 26.3 Å². The van der Waals surface area contributed by atoms with E-state index in [-0.39, 0.29) is 42.5 Å². The van der Waals surface area contributed by atoms with Crippen LogP contribution in [0.15, 0.2) is 16.8 Å². The van der Waals surface area contributed by atoms with Crippen LogP contribution in [-0.2, 0) is 24.5 Å². The van der Waals surface area contributed by atoms with Crippen LogP contribution in [0, 0.1) is 0 Å². The Hall–Kier alpha value is -1.73. The smallest absolute Gasteiger partial charge is 0.240 e. The molecule has 23 heavy (non-hydrogen) atoms. The molecular weight excluding hydrogens is 316 g/mol. The highest BCUT2D eigenvalue weighted by atomic mass is 32.1. The summed E-state index contributed by atoms with van der Waals surface area (Å²) in [6.45, 7) is 1.68. The van der Waals surface area contributed by atoms with Crippen molar-refractivity contribution in [3.05, 3.63) is 22.4 Å². The first kappa shape index (κ1) is 16.1. The van der Waals surface area contributed by atoms with Crippen molar-refractivity contribution in [3.63, 3.8) is 0 Å². The van der Waals surface area contributed by atoms with E-state index in [2.05, 4.69) is 16.8 Å². The van der Waals surface area contributed by atoms with Crippen LogP contribution in [0.25, 0.3) is 0 Å². The molecule has 0 saturated carbocycles. The van der Waals surface area contributed by atoms with Gasteiger partial charge in [-0.15, -0.1) is 0 Å². The summed E-state index contributed by atoms with van der Waals surface area (Å²) in [5, 5.41) is 7.07. The maximum Gasteiger partial charge on any atom is 0.240 e. The third-order valence-electron chi connectivity index (χ3n) is 4.66. The highest BCUT2D eigenvalue weighted by Gasteiger charge is 2.36. The normalized spacial score (nSPS) is 20.8. The van der Waals surface area contributed by atoms with Crippen molar-refractivity contribution in [3.8, 4) is 0 Å². The van der Waals surface area contributed by atoms with E-state index >= 15 is 0 Å². The van der Waals surface area contributed by atoms with Gasteiger partial charge in [-0.25, -0.2) is 0 Å². The van der Waals surface area contributed by atoms with Gasteiger partial charge < -0.3 is 10.1 Å². The van der Waals surface area contributed by atoms with Crippen LogP contribution < -0.4 is 5.32 Å². The van der Waals surface area contributed by atoms with E-state index in [1.165, 1.54) is 5.56 Å². The number of hydrogen-bond donors (Lipinski definition) is 1. The van der Waals surface area contributed by atoms with Crippen LogP contribution in [0.1, 0.15) is 31.2 Å². The van der Waals surface area contributed by atoms with Crippen LogP contribution in [0.3, 0.4) is 0 Å². The third kappa shape index (κ3) is 3.45. The first-order chi connectivity index (χ1) is 11.1. The standard InChI is InChI=1S/C16H20N2O4S/c19-13(9-18-14(20)1-2-15(18)21)17-11-16(4-6-22-7-5-16)12-3-8-23-10-12/h3,8,10H,1-2,4-7,9,11H2,(H,17,19). The van der Waals surface area contributed by atoms with E-state index < -0.39 is 0 Å². The molecule has 0 spiro atoms. The molecule has 2 aliphatic heterocycles. The highest BCUT2D eigenvalue weighted by Crippen LogP contribution is 2.35. The van der Waals surface area contributed by atoms with E-state index in [9.17, 15) is 14.4 Å². The number of hydrogen-bond acceptors (Lipinski definition) is 5. The fourth-order valence-corrected chi connectivity index (χ4v) is 3.94. The monoisotopic (exact) mass is 336 g/mol. The van der Waals surface area contributed by atoms with Crippen molar-refractivity contribution < 1.29 is 19.1 Å². The fourth-order valence-electron chi connectivity index (χ4n) is 3.16. The van der Waals surface area contributed by atoms with Crippen LogP contribution in [-0.4, -0.2) is 48.9 Å². The van der Waals surface area contributed by atoms with Crippen LogP contribution in [0.5, 0.6) is 0 Å². The van der Waals surface area contributed by atoms with E-state index in [1.54, 1.807) is 11.3 Å². The minimum atomic E-state index is -0.283. The van der Waals surface area contributed by atoms with Gasteiger partial charge in [-0.3, -0.25) is 19.3 Å². The zero-order chi connectivity index (χ0) is 16.3. The predicted molar refractivity (Wildman–Crippen MR) is 85.0 cm³/mol. The lowest BCUT2D eigenvalue weighted by molar-refractivity contribution is -0.142. The number of nitrogens with zero attached hydrogens (tertiary/aromatic N) is 1. The molecule has 3 heterocycles. The summed E-state index contributed by atoms with van der Waals surface area (Å²) in [5.74, 6) is -0.803. The van der Waals surface area contributed by atoms with Crippen molar-refractivity contribution in [2.45, 2.75) is 31.1 Å². The van der Waals surface area contributed by atoms with Gasteiger partial charge in [-0.2, -0.15) is 11.3 Å². The number of thiophene rings is 1. The van der Waals surface area contributed by atoms with Crippen molar-refractivity contribution in [1.29, 1.82) is 0 Å². The maximum absolute atomic E-state index is 12.2. The molecule has 2 aliphatic rings. The molecule has 0 radical (unpaired) electrons. The Morgan fingerprint density at radius 2 is 1.96 bits per heavy atom. The molecule has 6 nitrogen and oxygen atoms in total. The molecule has 1 N–H and O–H groups in total. The Morgan fingerprint density at radius 1 is 1.26 bits per heavy atom. The van der Waals surface area contributed by atoms with Gasteiger partial charge in [0.05, 0.1) is 0 Å². The van der Waals surface area contributed by atoms with Gasteiger partial charge in [-0.05, 0) is 35.2 Å². The summed E-state index contributed by atoms with van der Waals surface area (Å²) < 4.78 is 5.46. The van der Waals surface area contributed by atoms with E-state index in [1.807, 2.05) is 5.38 Å². The quantitative estimate of drug-likeness (QED) is 0.816. The molecule has 1 aromatic rings. The number of carbonyl (C=O) groups is 3. The number of likely N-dealkylation sites (tertiary alicyclic amines) is 1. The predicted octanol–water partition coefficient (Wildman–Crippen LogP) is 1.06. The second kappa shape index (κ2) is 6.80. The lowest BCUT2D eigenvalue weighted by atomic mass is 9.75. The summed E-state index contributed by atoms with van der Waals surface area (Å²) in [4.78, 5) is 36.4. The molecule has 0 aliphatic carbocycles. The van der Waals surface area contributed by atoms with Gasteiger partial charge in [-0.1, -0.05) is 0 Å². The zero-order valence-corrected chi connectivity index (χ0v) is 13.7. The average molecular weight is 336 g/mol. The van der Waals surface area contributed by atoms with Crippen LogP contribution in [0.4, 0.5) is 0 Å². The number of ether oxygens (including phenoxy) is 1. The number of amides is 3. The molecule has 124 valence electrons. The second-order valence-corrected chi connectivity index (χ2v) is 6.84. The van der Waals surface area contributed by atoms with Crippen molar-refractivity contribution in [2.24, 2.45) is 0 Å². The number of nitrogens with one attached hydrogen (secondary N) is 1. The molecule has 0 bridgehead atoms. The van der Waals surface area contributed by atoms with E-state index in [0.717, 1.165) is 17.7 Å². The van der Waals surface area contributed by atoms with Crippen molar-refractivity contribution in [1.82, 2.24) is 10.2 Å². The van der Waals surface area contributed by atoms with Crippen molar-refractivity contribution >= 4 is 29.1 Å². The molecule has 7 heteroatoms. The van der Waals surface area contributed by atoms with Gasteiger partial charge >= 0.3 is 0 Å². The zero-order valence-electron chi connectivity index (χ0n) is 12.9. The molecule has 0 atom stereocenters. The SMILES string of the molecule is O=C(CN1C(=O)CCC1=O)NCC1(c2ccsc2)CCOCC1. The Balaban J connectivity index is 1.62. The first-order valence-electron chi connectivity index (χ1n) is 7.81. The largest absolute Gasteiger partial charge is 0.381 e. The summed E-state index contributed by atoms with van der Waals surface area (Å²) in [5.41, 5.74) is 1.10. The topological polar surface area (TPSA) is 75.7 Å². The Kier molecular flexibility index (Phi) is 4.77. The molecular formula is C16H20N2O4S. The molecule has 0 unspecified atom stereocenters. The summed E-state index contributed by atoms with van der Waals surface area (Å²) in [6.07, 6.45) is 2.13. The molecule has 1 aromatic heterocycles. The van der Waals surface area contributed by atoms with Crippen LogP contribution >= 0.6 is 11.3 Å². The maximum atomic E-state index is 12.2. The van der Waals surface area contributed by atoms with E-state index in [0.29, 0.717) is 19.8 Å². The molecule has 0 aromatic carbocycles. The minimum absolute atomic E-state index is 0.118. The molecule has 3 rings (SSSR count).